The number of nitrogens with one attached hydrogen (secondary N) is 1. The molecule has 1 rings (SSSR count). The summed E-state index contributed by atoms with van der Waals surface area (Å²) >= 11 is 0. The minimum absolute atomic E-state index is 0.214. The van der Waals surface area contributed by atoms with Crippen LogP contribution in [-0.2, 0) is 19.7 Å². The van der Waals surface area contributed by atoms with E-state index in [-0.39, 0.29) is 13.2 Å². The number of carbonyl (C=O) groups is 1. The van der Waals surface area contributed by atoms with E-state index >= 15 is 0 Å². The lowest BCUT2D eigenvalue weighted by Crippen LogP contribution is -2.52. The van der Waals surface area contributed by atoms with Crippen molar-refractivity contribution in [3.63, 3.8) is 0 Å². The Labute approximate surface area is 115 Å². The number of esters is 1. The van der Waals surface area contributed by atoms with Crippen molar-refractivity contribution in [1.29, 1.82) is 0 Å². The summed E-state index contributed by atoms with van der Waals surface area (Å²) < 4.78 is 32.3. The Kier molecular flexibility index (Phi) is 6.70. The van der Waals surface area contributed by atoms with Crippen LogP contribution in [0.1, 0.15) is 20.3 Å². The molecule has 0 aromatic carbocycles. The standard InChI is InChI=1S/C11H23N3O4S/c1-3-7-14(10-11(15)18-4-2)19(16,17)13-8-5-12-6-9-13/h12H,3-10H2,1-2H3. The summed E-state index contributed by atoms with van der Waals surface area (Å²) in [6, 6.07) is 0. The van der Waals surface area contributed by atoms with Gasteiger partial charge in [-0.3, -0.25) is 4.79 Å². The highest BCUT2D eigenvalue weighted by Crippen LogP contribution is 2.10. The van der Waals surface area contributed by atoms with Crippen LogP contribution >= 0.6 is 0 Å². The highest BCUT2D eigenvalue weighted by Gasteiger charge is 2.31. The topological polar surface area (TPSA) is 79.0 Å². The number of ether oxygens (including phenoxy) is 1. The third-order valence-electron chi connectivity index (χ3n) is 2.81. The van der Waals surface area contributed by atoms with E-state index in [0.717, 1.165) is 0 Å². The van der Waals surface area contributed by atoms with E-state index in [9.17, 15) is 13.2 Å². The molecule has 112 valence electrons. The molecule has 0 aromatic heterocycles. The lowest BCUT2D eigenvalue weighted by atomic mass is 10.4. The van der Waals surface area contributed by atoms with Gasteiger partial charge in [0.2, 0.25) is 0 Å². The van der Waals surface area contributed by atoms with Gasteiger partial charge in [0.05, 0.1) is 6.61 Å². The molecular weight excluding hydrogens is 270 g/mol. The van der Waals surface area contributed by atoms with Gasteiger partial charge in [-0.1, -0.05) is 6.92 Å². The Bertz CT molecular complexity index is 379. The highest BCUT2D eigenvalue weighted by molar-refractivity contribution is 7.86. The van der Waals surface area contributed by atoms with Gasteiger partial charge in [-0.05, 0) is 13.3 Å². The molecule has 7 nitrogen and oxygen atoms in total. The molecule has 8 heteroatoms. The van der Waals surface area contributed by atoms with Crippen molar-refractivity contribution in [3.05, 3.63) is 0 Å². The Hall–Kier alpha value is -0.700. The van der Waals surface area contributed by atoms with Crippen molar-refractivity contribution in [1.82, 2.24) is 13.9 Å². The van der Waals surface area contributed by atoms with Crippen LogP contribution in [0, 0.1) is 0 Å². The Balaban J connectivity index is 2.74. The summed E-state index contributed by atoms with van der Waals surface area (Å²) in [5, 5.41) is 3.10. The molecule has 1 heterocycles. The summed E-state index contributed by atoms with van der Waals surface area (Å²) in [5.74, 6) is -0.505. The fraction of sp³-hybridized carbons (Fsp3) is 0.909. The van der Waals surface area contributed by atoms with Crippen LogP contribution in [0.25, 0.3) is 0 Å². The molecule has 1 aliphatic heterocycles. The third kappa shape index (κ3) is 4.72. The predicted molar refractivity (Wildman–Crippen MR) is 71.9 cm³/mol. The van der Waals surface area contributed by atoms with E-state index in [4.69, 9.17) is 4.74 Å². The largest absolute Gasteiger partial charge is 0.465 e. The molecule has 0 aliphatic carbocycles. The van der Waals surface area contributed by atoms with Crippen LogP contribution in [0.4, 0.5) is 0 Å². The van der Waals surface area contributed by atoms with Gasteiger partial charge in [-0.15, -0.1) is 0 Å². The zero-order chi connectivity index (χ0) is 14.3. The molecule has 0 spiro atoms. The Morgan fingerprint density at radius 3 is 2.47 bits per heavy atom. The van der Waals surface area contributed by atoms with Crippen LogP contribution < -0.4 is 5.32 Å². The van der Waals surface area contributed by atoms with Crippen LogP contribution in [0.3, 0.4) is 0 Å². The maximum Gasteiger partial charge on any atom is 0.321 e. The molecule has 0 bridgehead atoms. The lowest BCUT2D eigenvalue weighted by Gasteiger charge is -2.31. The van der Waals surface area contributed by atoms with Crippen LogP contribution in [0.15, 0.2) is 0 Å². The van der Waals surface area contributed by atoms with E-state index in [1.165, 1.54) is 8.61 Å². The minimum Gasteiger partial charge on any atom is -0.465 e. The summed E-state index contributed by atoms with van der Waals surface area (Å²) in [7, 11) is -3.57. The SMILES string of the molecule is CCCN(CC(=O)OCC)S(=O)(=O)N1CCNCC1. The van der Waals surface area contributed by atoms with E-state index < -0.39 is 16.2 Å². The first-order valence-corrected chi connectivity index (χ1v) is 8.03. The molecule has 19 heavy (non-hydrogen) atoms. The van der Waals surface area contributed by atoms with Gasteiger partial charge in [-0.2, -0.15) is 17.0 Å². The number of hydrogen-bond donors (Lipinski definition) is 1. The van der Waals surface area contributed by atoms with Gasteiger partial charge < -0.3 is 10.1 Å². The Morgan fingerprint density at radius 2 is 1.95 bits per heavy atom. The van der Waals surface area contributed by atoms with Crippen molar-refractivity contribution in [2.24, 2.45) is 0 Å². The lowest BCUT2D eigenvalue weighted by molar-refractivity contribution is -0.143. The maximum atomic E-state index is 12.4. The molecule has 0 amide bonds. The number of hydrogen-bond acceptors (Lipinski definition) is 5. The number of nitrogens with zero attached hydrogens (tertiary/aromatic N) is 2. The predicted octanol–water partition coefficient (Wildman–Crippen LogP) is -0.588. The summed E-state index contributed by atoms with van der Waals surface area (Å²) in [6.45, 7) is 6.09. The first kappa shape index (κ1) is 16.4. The second kappa shape index (κ2) is 7.78. The normalized spacial score (nSPS) is 17.6. The summed E-state index contributed by atoms with van der Waals surface area (Å²) in [5.41, 5.74) is 0. The molecule has 0 aromatic rings. The smallest absolute Gasteiger partial charge is 0.321 e. The fourth-order valence-electron chi connectivity index (χ4n) is 1.91. The number of rotatable bonds is 7. The second-order valence-corrected chi connectivity index (χ2v) is 6.22. The van der Waals surface area contributed by atoms with Crippen molar-refractivity contribution in [3.8, 4) is 0 Å². The molecule has 0 unspecified atom stereocenters. The van der Waals surface area contributed by atoms with Gasteiger partial charge in [0.25, 0.3) is 10.2 Å². The molecule has 0 radical (unpaired) electrons. The van der Waals surface area contributed by atoms with Crippen LogP contribution in [-0.4, -0.2) is 68.9 Å². The molecule has 1 fully saturated rings. The molecule has 1 aliphatic rings. The summed E-state index contributed by atoms with van der Waals surface area (Å²) in [4.78, 5) is 11.5. The van der Waals surface area contributed by atoms with Gasteiger partial charge >= 0.3 is 5.97 Å². The molecule has 1 N–H and O–H groups in total. The Morgan fingerprint density at radius 1 is 1.32 bits per heavy atom. The van der Waals surface area contributed by atoms with Crippen molar-refractivity contribution >= 4 is 16.2 Å². The molecule has 0 atom stereocenters. The molecule has 1 saturated heterocycles. The van der Waals surface area contributed by atoms with E-state index in [1.54, 1.807) is 6.92 Å². The molecular formula is C11H23N3O4S. The fourth-order valence-corrected chi connectivity index (χ4v) is 3.57. The van der Waals surface area contributed by atoms with Crippen LogP contribution in [0.5, 0.6) is 0 Å². The average Bonchev–Trinajstić information content (AvgIpc) is 2.39. The quantitative estimate of drug-likeness (QED) is 0.635. The van der Waals surface area contributed by atoms with Crippen LogP contribution in [0.2, 0.25) is 0 Å². The minimum atomic E-state index is -3.57. The third-order valence-corrected chi connectivity index (χ3v) is 4.79. The number of piperazine rings is 1. The highest BCUT2D eigenvalue weighted by atomic mass is 32.2. The van der Waals surface area contributed by atoms with E-state index in [0.29, 0.717) is 39.1 Å². The first-order valence-electron chi connectivity index (χ1n) is 6.64. The van der Waals surface area contributed by atoms with Crippen molar-refractivity contribution in [2.75, 3.05) is 45.9 Å². The van der Waals surface area contributed by atoms with Crippen molar-refractivity contribution < 1.29 is 17.9 Å². The van der Waals surface area contributed by atoms with E-state index in [2.05, 4.69) is 5.32 Å². The summed E-state index contributed by atoms with van der Waals surface area (Å²) in [6.07, 6.45) is 0.657. The zero-order valence-electron chi connectivity index (χ0n) is 11.6. The molecule has 0 saturated carbocycles. The maximum absolute atomic E-state index is 12.4. The van der Waals surface area contributed by atoms with Gasteiger partial charge in [0, 0.05) is 32.7 Å². The van der Waals surface area contributed by atoms with Crippen molar-refractivity contribution in [2.45, 2.75) is 20.3 Å². The zero-order valence-corrected chi connectivity index (χ0v) is 12.4. The monoisotopic (exact) mass is 293 g/mol. The van der Waals surface area contributed by atoms with Gasteiger partial charge in [-0.25, -0.2) is 0 Å². The first-order chi connectivity index (χ1) is 9.02. The van der Waals surface area contributed by atoms with E-state index in [1.807, 2.05) is 6.92 Å². The van der Waals surface area contributed by atoms with Gasteiger partial charge in [0.1, 0.15) is 6.54 Å². The second-order valence-electron chi connectivity index (χ2n) is 4.30. The average molecular weight is 293 g/mol. The van der Waals surface area contributed by atoms with Gasteiger partial charge in [0.15, 0.2) is 0 Å². The number of carbonyl (C=O) groups excluding carboxylic acids is 1.